The van der Waals surface area contributed by atoms with Crippen LogP contribution in [0.25, 0.3) is 6.08 Å². The highest BCUT2D eigenvalue weighted by Gasteiger charge is 2.24. The summed E-state index contributed by atoms with van der Waals surface area (Å²) in [7, 11) is 0. The number of carbonyl (C=O) groups excluding carboxylic acids is 1. The Morgan fingerprint density at radius 3 is 2.44 bits per heavy atom. The molecule has 1 aromatic rings. The number of halogens is 1. The summed E-state index contributed by atoms with van der Waals surface area (Å²) in [6.07, 6.45) is 2.52. The van der Waals surface area contributed by atoms with Gasteiger partial charge >= 0.3 is 0 Å². The summed E-state index contributed by atoms with van der Waals surface area (Å²) in [5.74, 6) is -0.240. The molecule has 98 valence electrons. The first-order chi connectivity index (χ1) is 8.31. The molecule has 2 N–H and O–H groups in total. The summed E-state index contributed by atoms with van der Waals surface area (Å²) in [6.45, 7) is 5.18. The maximum absolute atomic E-state index is 11.7. The van der Waals surface area contributed by atoms with E-state index in [-0.39, 0.29) is 5.91 Å². The topological polar surface area (TPSA) is 49.3 Å². The molecule has 4 heteroatoms. The van der Waals surface area contributed by atoms with E-state index >= 15 is 0 Å². The fourth-order valence-corrected chi connectivity index (χ4v) is 1.34. The summed E-state index contributed by atoms with van der Waals surface area (Å²) in [5, 5.41) is 12.9. The molecule has 1 aromatic carbocycles. The van der Waals surface area contributed by atoms with Crippen molar-refractivity contribution in [2.24, 2.45) is 0 Å². The van der Waals surface area contributed by atoms with E-state index in [0.717, 1.165) is 5.56 Å². The lowest BCUT2D eigenvalue weighted by Gasteiger charge is -2.28. The Morgan fingerprint density at radius 1 is 1.39 bits per heavy atom. The lowest BCUT2D eigenvalue weighted by atomic mass is 9.99. The molecule has 0 saturated carbocycles. The van der Waals surface area contributed by atoms with Crippen LogP contribution in [0.2, 0.25) is 5.02 Å². The van der Waals surface area contributed by atoms with E-state index in [9.17, 15) is 9.90 Å². The lowest BCUT2D eigenvalue weighted by Crippen LogP contribution is -2.50. The highest BCUT2D eigenvalue weighted by Crippen LogP contribution is 2.11. The van der Waals surface area contributed by atoms with Gasteiger partial charge in [0.15, 0.2) is 0 Å². The molecule has 3 nitrogen and oxygen atoms in total. The second kappa shape index (κ2) is 6.03. The minimum absolute atomic E-state index is 0.240. The quantitative estimate of drug-likeness (QED) is 0.824. The van der Waals surface area contributed by atoms with E-state index in [2.05, 4.69) is 5.32 Å². The number of carbonyl (C=O) groups is 1. The van der Waals surface area contributed by atoms with E-state index in [1.165, 1.54) is 6.08 Å². The Hall–Kier alpha value is -1.32. The zero-order chi connectivity index (χ0) is 13.8. The fraction of sp³-hybridized carbons (Fsp3) is 0.357. The summed E-state index contributed by atoms with van der Waals surface area (Å²) < 4.78 is 0. The summed E-state index contributed by atoms with van der Waals surface area (Å²) in [4.78, 5) is 11.7. The van der Waals surface area contributed by atoms with Crippen LogP contribution in [0.3, 0.4) is 0 Å². The first kappa shape index (κ1) is 14.7. The molecule has 0 spiro atoms. The number of hydrogen-bond acceptors (Lipinski definition) is 2. The molecule has 1 atom stereocenters. The monoisotopic (exact) mass is 267 g/mol. The van der Waals surface area contributed by atoms with Gasteiger partial charge in [-0.05, 0) is 44.5 Å². The van der Waals surface area contributed by atoms with E-state index in [0.29, 0.717) is 5.02 Å². The number of benzene rings is 1. The van der Waals surface area contributed by atoms with E-state index in [1.54, 1.807) is 39.0 Å². The van der Waals surface area contributed by atoms with Gasteiger partial charge in [0.1, 0.15) is 0 Å². The van der Waals surface area contributed by atoms with Crippen molar-refractivity contribution in [3.05, 3.63) is 40.9 Å². The van der Waals surface area contributed by atoms with Crippen molar-refractivity contribution < 1.29 is 9.90 Å². The van der Waals surface area contributed by atoms with E-state index < -0.39 is 11.6 Å². The van der Waals surface area contributed by atoms with Crippen LogP contribution in [0.5, 0.6) is 0 Å². The SMILES string of the molecule is CC(O)C(C)(C)NC(=O)/C=C/c1ccc(Cl)cc1. The fourth-order valence-electron chi connectivity index (χ4n) is 1.21. The maximum atomic E-state index is 11.7. The number of nitrogens with one attached hydrogen (secondary N) is 1. The minimum Gasteiger partial charge on any atom is -0.391 e. The van der Waals surface area contributed by atoms with Gasteiger partial charge in [0.2, 0.25) is 5.91 Å². The van der Waals surface area contributed by atoms with Crippen molar-refractivity contribution in [3.8, 4) is 0 Å². The molecule has 0 radical (unpaired) electrons. The van der Waals surface area contributed by atoms with Gasteiger partial charge in [-0.15, -0.1) is 0 Å². The Labute approximate surface area is 112 Å². The van der Waals surface area contributed by atoms with Crippen LogP contribution < -0.4 is 5.32 Å². The molecule has 0 fully saturated rings. The molecular formula is C14H18ClNO2. The van der Waals surface area contributed by atoms with Gasteiger partial charge in [-0.2, -0.15) is 0 Å². The standard InChI is InChI=1S/C14H18ClNO2/c1-10(17)14(2,3)16-13(18)9-6-11-4-7-12(15)8-5-11/h4-10,17H,1-3H3,(H,16,18)/b9-6+. The molecule has 0 bridgehead atoms. The van der Waals surface area contributed by atoms with Gasteiger partial charge in [-0.25, -0.2) is 0 Å². The molecule has 0 saturated heterocycles. The zero-order valence-corrected chi connectivity index (χ0v) is 11.5. The molecule has 0 aliphatic heterocycles. The Kier molecular flexibility index (Phi) is 4.93. The van der Waals surface area contributed by atoms with Crippen molar-refractivity contribution in [2.75, 3.05) is 0 Å². The number of rotatable bonds is 4. The Morgan fingerprint density at radius 2 is 1.94 bits per heavy atom. The zero-order valence-electron chi connectivity index (χ0n) is 10.8. The number of hydrogen-bond donors (Lipinski definition) is 2. The van der Waals surface area contributed by atoms with Crippen LogP contribution in [0.15, 0.2) is 30.3 Å². The van der Waals surface area contributed by atoms with Crippen molar-refractivity contribution in [1.29, 1.82) is 0 Å². The van der Waals surface area contributed by atoms with E-state index in [1.807, 2.05) is 12.1 Å². The second-order valence-electron chi connectivity index (χ2n) is 4.77. The van der Waals surface area contributed by atoms with Crippen LogP contribution in [0.1, 0.15) is 26.3 Å². The van der Waals surface area contributed by atoms with Crippen LogP contribution in [0.4, 0.5) is 0 Å². The third kappa shape index (κ3) is 4.51. The summed E-state index contributed by atoms with van der Waals surface area (Å²) >= 11 is 5.77. The molecule has 1 amide bonds. The van der Waals surface area contributed by atoms with Crippen molar-refractivity contribution in [1.82, 2.24) is 5.32 Å². The number of aliphatic hydroxyl groups excluding tert-OH is 1. The van der Waals surface area contributed by atoms with E-state index in [4.69, 9.17) is 11.6 Å². The minimum atomic E-state index is -0.651. The van der Waals surface area contributed by atoms with Crippen molar-refractivity contribution in [2.45, 2.75) is 32.4 Å². The third-order valence-corrected chi connectivity index (χ3v) is 3.04. The summed E-state index contributed by atoms with van der Waals surface area (Å²) in [5.41, 5.74) is 0.242. The Balaban J connectivity index is 2.62. The van der Waals surface area contributed by atoms with Crippen LogP contribution in [-0.4, -0.2) is 22.7 Å². The van der Waals surface area contributed by atoms with Gasteiger partial charge in [0.25, 0.3) is 0 Å². The molecule has 1 unspecified atom stereocenters. The highest BCUT2D eigenvalue weighted by molar-refractivity contribution is 6.30. The first-order valence-electron chi connectivity index (χ1n) is 5.75. The molecular weight excluding hydrogens is 250 g/mol. The van der Waals surface area contributed by atoms with Gasteiger partial charge < -0.3 is 10.4 Å². The molecule has 18 heavy (non-hydrogen) atoms. The van der Waals surface area contributed by atoms with Gasteiger partial charge in [-0.3, -0.25) is 4.79 Å². The molecule has 0 aromatic heterocycles. The first-order valence-corrected chi connectivity index (χ1v) is 6.13. The predicted octanol–water partition coefficient (Wildman–Crippen LogP) is 2.63. The number of amides is 1. The van der Waals surface area contributed by atoms with Crippen molar-refractivity contribution in [3.63, 3.8) is 0 Å². The summed E-state index contributed by atoms with van der Waals surface area (Å²) in [6, 6.07) is 7.18. The average molecular weight is 268 g/mol. The molecule has 0 heterocycles. The maximum Gasteiger partial charge on any atom is 0.244 e. The highest BCUT2D eigenvalue weighted by atomic mass is 35.5. The van der Waals surface area contributed by atoms with Crippen LogP contribution >= 0.6 is 11.6 Å². The predicted molar refractivity (Wildman–Crippen MR) is 74.4 cm³/mol. The van der Waals surface area contributed by atoms with Gasteiger partial charge in [-0.1, -0.05) is 23.7 Å². The smallest absolute Gasteiger partial charge is 0.244 e. The molecule has 0 aliphatic carbocycles. The Bertz CT molecular complexity index is 436. The van der Waals surface area contributed by atoms with Crippen LogP contribution in [-0.2, 0) is 4.79 Å². The normalized spacial score (nSPS) is 13.6. The molecule has 1 rings (SSSR count). The van der Waals surface area contributed by atoms with Crippen LogP contribution in [0, 0.1) is 0 Å². The lowest BCUT2D eigenvalue weighted by molar-refractivity contribution is -0.119. The second-order valence-corrected chi connectivity index (χ2v) is 5.21. The van der Waals surface area contributed by atoms with Gasteiger partial charge in [0.05, 0.1) is 11.6 Å². The molecule has 0 aliphatic rings. The largest absolute Gasteiger partial charge is 0.391 e. The average Bonchev–Trinajstić information content (AvgIpc) is 2.27. The van der Waals surface area contributed by atoms with Crippen molar-refractivity contribution >= 4 is 23.6 Å². The van der Waals surface area contributed by atoms with Gasteiger partial charge in [0, 0.05) is 11.1 Å². The number of aliphatic hydroxyl groups is 1. The third-order valence-electron chi connectivity index (χ3n) is 2.79.